The summed E-state index contributed by atoms with van der Waals surface area (Å²) in [5.41, 5.74) is 6.29. The van der Waals surface area contributed by atoms with E-state index in [1.807, 2.05) is 4.90 Å². The maximum atomic E-state index is 10.5. The van der Waals surface area contributed by atoms with Crippen molar-refractivity contribution in [3.05, 3.63) is 17.7 Å². The summed E-state index contributed by atoms with van der Waals surface area (Å²) in [6.07, 6.45) is -0.641. The Morgan fingerprint density at radius 1 is 1.59 bits per heavy atom. The number of carbonyl (C=O) groups is 1. The number of hydrogen-bond donors (Lipinski definition) is 3. The number of aromatic hydroxyl groups is 1. The molecule has 2 rings (SSSR count). The average molecular weight is 236 g/mol. The summed E-state index contributed by atoms with van der Waals surface area (Å²) in [6.45, 7) is 0.450. The van der Waals surface area contributed by atoms with Crippen LogP contribution in [0.4, 0.5) is 16.2 Å². The molecule has 90 valence electrons. The first-order chi connectivity index (χ1) is 7.99. The quantitative estimate of drug-likeness (QED) is 0.632. The molecule has 1 atom stereocenters. The van der Waals surface area contributed by atoms with Gasteiger partial charge in [0.25, 0.3) is 0 Å². The van der Waals surface area contributed by atoms with Gasteiger partial charge < -0.3 is 20.8 Å². The molecule has 0 radical (unpaired) electrons. The highest BCUT2D eigenvalue weighted by Gasteiger charge is 2.26. The van der Waals surface area contributed by atoms with Crippen LogP contribution in [0.1, 0.15) is 11.7 Å². The second kappa shape index (κ2) is 4.02. The number of nitrogens with zero attached hydrogens (tertiary/aromatic N) is 3. The highest BCUT2D eigenvalue weighted by Crippen LogP contribution is 2.41. The van der Waals surface area contributed by atoms with Crippen molar-refractivity contribution >= 4 is 17.4 Å². The first-order valence-corrected chi connectivity index (χ1v) is 4.96. The van der Waals surface area contributed by atoms with Crippen molar-refractivity contribution in [2.75, 3.05) is 18.5 Å². The van der Waals surface area contributed by atoms with E-state index in [4.69, 9.17) is 5.73 Å². The first-order valence-electron chi connectivity index (χ1n) is 4.96. The molecule has 4 N–H and O–H groups in total. The summed E-state index contributed by atoms with van der Waals surface area (Å²) in [4.78, 5) is 12.3. The van der Waals surface area contributed by atoms with Crippen LogP contribution in [0.3, 0.4) is 0 Å². The van der Waals surface area contributed by atoms with E-state index in [2.05, 4.69) is 10.2 Å². The molecule has 0 saturated carbocycles. The largest absolute Gasteiger partial charge is 0.506 e. The topological polar surface area (TPSA) is 112 Å². The van der Waals surface area contributed by atoms with Gasteiger partial charge in [-0.15, -0.1) is 5.11 Å². The van der Waals surface area contributed by atoms with Gasteiger partial charge in [-0.1, -0.05) is 5.11 Å². The van der Waals surface area contributed by atoms with Gasteiger partial charge in [0.2, 0.25) is 0 Å². The molecular weight excluding hydrogens is 224 g/mol. The predicted molar refractivity (Wildman–Crippen MR) is 60.4 cm³/mol. The molecule has 1 aliphatic rings. The van der Waals surface area contributed by atoms with E-state index in [0.717, 1.165) is 5.69 Å². The van der Waals surface area contributed by atoms with Gasteiger partial charge in [-0.05, 0) is 6.07 Å². The van der Waals surface area contributed by atoms with Crippen molar-refractivity contribution in [3.63, 3.8) is 0 Å². The zero-order valence-electron chi connectivity index (χ0n) is 9.16. The van der Waals surface area contributed by atoms with Crippen molar-refractivity contribution in [1.29, 1.82) is 0 Å². The van der Waals surface area contributed by atoms with Gasteiger partial charge in [-0.2, -0.15) is 0 Å². The molecule has 0 bridgehead atoms. The van der Waals surface area contributed by atoms with Crippen LogP contribution in [0.25, 0.3) is 0 Å². The molecule has 1 aromatic rings. The summed E-state index contributed by atoms with van der Waals surface area (Å²) in [7, 11) is 1.80. The third-order valence-electron chi connectivity index (χ3n) is 2.60. The normalized spacial score (nSPS) is 18.7. The van der Waals surface area contributed by atoms with E-state index in [0.29, 0.717) is 12.1 Å². The number of rotatable bonds is 1. The Hall–Kier alpha value is -2.15. The number of β-amino-alcohol motifs (C(OH)–C–C–N with tert-alkyl or cyclic N) is 1. The molecule has 1 aliphatic heterocycles. The smallest absolute Gasteiger partial charge is 0.356 e. The summed E-state index contributed by atoms with van der Waals surface area (Å²) < 4.78 is 0. The van der Waals surface area contributed by atoms with Crippen LogP contribution in [0.5, 0.6) is 5.75 Å². The Labute approximate surface area is 97.2 Å². The minimum absolute atomic E-state index is 0.108. The van der Waals surface area contributed by atoms with Crippen molar-refractivity contribution in [2.45, 2.75) is 6.10 Å². The fourth-order valence-electron chi connectivity index (χ4n) is 1.82. The Morgan fingerprint density at radius 3 is 2.94 bits per heavy atom. The monoisotopic (exact) mass is 236 g/mol. The minimum atomic E-state index is -0.942. The van der Waals surface area contributed by atoms with Crippen molar-refractivity contribution in [3.8, 4) is 5.75 Å². The molecule has 1 unspecified atom stereocenters. The molecule has 2 amide bonds. The lowest BCUT2D eigenvalue weighted by Gasteiger charge is -2.11. The van der Waals surface area contributed by atoms with Crippen LogP contribution >= 0.6 is 0 Å². The average Bonchev–Trinajstić information content (AvgIpc) is 2.51. The van der Waals surface area contributed by atoms with Gasteiger partial charge in [0, 0.05) is 30.9 Å². The third-order valence-corrected chi connectivity index (χ3v) is 2.60. The maximum absolute atomic E-state index is 10.5. The number of hydrogen-bond acceptors (Lipinski definition) is 5. The number of primary amides is 1. The van der Waals surface area contributed by atoms with E-state index >= 15 is 0 Å². The number of fused-ring (bicyclic) bond motifs is 1. The zero-order valence-corrected chi connectivity index (χ0v) is 9.16. The minimum Gasteiger partial charge on any atom is -0.506 e. The SMILES string of the molecule is CN1CC(O)c2cc(N=NC(N)=O)c(O)cc21. The molecule has 7 heteroatoms. The van der Waals surface area contributed by atoms with E-state index < -0.39 is 12.1 Å². The summed E-state index contributed by atoms with van der Waals surface area (Å²) in [5.74, 6) is -0.116. The van der Waals surface area contributed by atoms with Gasteiger partial charge in [0.1, 0.15) is 11.4 Å². The number of azo groups is 1. The highest BCUT2D eigenvalue weighted by atomic mass is 16.3. The van der Waals surface area contributed by atoms with Gasteiger partial charge in [-0.3, -0.25) is 0 Å². The molecule has 17 heavy (non-hydrogen) atoms. The molecule has 7 nitrogen and oxygen atoms in total. The van der Waals surface area contributed by atoms with E-state index in [1.54, 1.807) is 7.05 Å². The molecule has 1 heterocycles. The third kappa shape index (κ3) is 2.04. The van der Waals surface area contributed by atoms with Crippen LogP contribution < -0.4 is 10.6 Å². The number of anilines is 1. The number of phenolic OH excluding ortho intramolecular Hbond substituents is 1. The van der Waals surface area contributed by atoms with E-state index in [1.165, 1.54) is 12.1 Å². The number of aliphatic hydroxyl groups is 1. The molecule has 0 saturated heterocycles. The Balaban J connectivity index is 2.44. The number of amides is 2. The number of nitrogens with two attached hydrogens (primary N) is 1. The molecular formula is C10H12N4O3. The van der Waals surface area contributed by atoms with Crippen molar-refractivity contribution < 1.29 is 15.0 Å². The fourth-order valence-corrected chi connectivity index (χ4v) is 1.82. The van der Waals surface area contributed by atoms with Crippen LogP contribution in [0.2, 0.25) is 0 Å². The van der Waals surface area contributed by atoms with Gasteiger partial charge in [0.15, 0.2) is 0 Å². The van der Waals surface area contributed by atoms with E-state index in [-0.39, 0.29) is 11.4 Å². The van der Waals surface area contributed by atoms with Crippen molar-refractivity contribution in [1.82, 2.24) is 0 Å². The molecule has 0 aliphatic carbocycles. The lowest BCUT2D eigenvalue weighted by Crippen LogP contribution is -2.14. The molecule has 0 fully saturated rings. The van der Waals surface area contributed by atoms with Crippen LogP contribution in [-0.4, -0.2) is 29.8 Å². The summed E-state index contributed by atoms with van der Waals surface area (Å²) in [5, 5.41) is 26.1. The van der Waals surface area contributed by atoms with Gasteiger partial charge in [0.05, 0.1) is 6.10 Å². The fraction of sp³-hybridized carbons (Fsp3) is 0.300. The number of aliphatic hydroxyl groups excluding tert-OH is 1. The van der Waals surface area contributed by atoms with Crippen molar-refractivity contribution in [2.24, 2.45) is 16.0 Å². The highest BCUT2D eigenvalue weighted by molar-refractivity contribution is 5.73. The Morgan fingerprint density at radius 2 is 2.29 bits per heavy atom. The van der Waals surface area contributed by atoms with E-state index in [9.17, 15) is 15.0 Å². The first kappa shape index (κ1) is 11.3. The Kier molecular flexibility index (Phi) is 2.68. The van der Waals surface area contributed by atoms with Gasteiger partial charge in [-0.25, -0.2) is 4.79 Å². The number of urea groups is 1. The van der Waals surface area contributed by atoms with Crippen LogP contribution in [0.15, 0.2) is 22.4 Å². The molecule has 0 aromatic heterocycles. The molecule has 1 aromatic carbocycles. The number of benzene rings is 1. The number of likely N-dealkylation sites (N-methyl/N-ethyl adjacent to an activating group) is 1. The Bertz CT molecular complexity index is 501. The van der Waals surface area contributed by atoms with Crippen LogP contribution in [-0.2, 0) is 0 Å². The lowest BCUT2D eigenvalue weighted by atomic mass is 10.1. The number of carbonyl (C=O) groups excluding carboxylic acids is 1. The molecule has 0 spiro atoms. The second-order valence-corrected chi connectivity index (χ2v) is 3.83. The van der Waals surface area contributed by atoms with Gasteiger partial charge >= 0.3 is 6.03 Å². The maximum Gasteiger partial charge on any atom is 0.356 e. The van der Waals surface area contributed by atoms with Crippen LogP contribution in [0, 0.1) is 0 Å². The zero-order chi connectivity index (χ0) is 12.6. The summed E-state index contributed by atoms with van der Waals surface area (Å²) >= 11 is 0. The predicted octanol–water partition coefficient (Wildman–Crippen LogP) is 1.04. The second-order valence-electron chi connectivity index (χ2n) is 3.83. The number of phenols is 1. The lowest BCUT2D eigenvalue weighted by molar-refractivity contribution is 0.195. The standard InChI is InChI=1S/C10H12N4O3/c1-14-4-9(16)5-2-6(12-13-10(11)17)8(15)3-7(5)14/h2-3,9,15-16H,4H2,1H3,(H2,11,17). The summed E-state index contributed by atoms with van der Waals surface area (Å²) in [6, 6.07) is 2.02.